The summed E-state index contributed by atoms with van der Waals surface area (Å²) in [5.41, 5.74) is -3.16. The number of benzene rings is 2. The van der Waals surface area contributed by atoms with Gasteiger partial charge in [0.1, 0.15) is 11.5 Å². The van der Waals surface area contributed by atoms with Crippen LogP contribution < -0.4 is 5.32 Å². The molecule has 1 heterocycles. The Labute approximate surface area is 196 Å². The molecule has 3 aromatic rings. The highest BCUT2D eigenvalue weighted by Crippen LogP contribution is 2.52. The van der Waals surface area contributed by atoms with E-state index < -0.39 is 64.5 Å². The van der Waals surface area contributed by atoms with Crippen molar-refractivity contribution in [1.29, 1.82) is 0 Å². The van der Waals surface area contributed by atoms with Crippen molar-refractivity contribution in [1.82, 2.24) is 0 Å². The molecule has 2 aromatic carbocycles. The zero-order valence-corrected chi connectivity index (χ0v) is 18.6. The molecule has 2 atom stereocenters. The molecule has 2 aliphatic carbocycles. The molecule has 0 saturated heterocycles. The van der Waals surface area contributed by atoms with Crippen LogP contribution in [0.2, 0.25) is 0 Å². The van der Waals surface area contributed by atoms with E-state index in [0.29, 0.717) is 5.00 Å². The van der Waals surface area contributed by atoms with Crippen molar-refractivity contribution in [2.45, 2.75) is 31.2 Å². The van der Waals surface area contributed by atoms with Crippen LogP contribution >= 0.6 is 11.3 Å². The molecule has 5 N–H and O–H groups in total. The number of nitrogens with one attached hydrogen (secondary N) is 1. The lowest BCUT2D eigenvalue weighted by atomic mass is 9.71. The predicted octanol–water partition coefficient (Wildman–Crippen LogP) is 3.03. The first-order valence-corrected chi connectivity index (χ1v) is 11.2. The molecular weight excluding hydrogens is 462 g/mol. The van der Waals surface area contributed by atoms with E-state index >= 15 is 0 Å². The number of aromatic hydroxyl groups is 2. The first-order valence-electron chi connectivity index (χ1n) is 10.3. The number of aliphatic hydroxyl groups is 2. The second-order valence-corrected chi connectivity index (χ2v) is 9.52. The van der Waals surface area contributed by atoms with Crippen LogP contribution in [-0.2, 0) is 16.8 Å². The van der Waals surface area contributed by atoms with E-state index in [1.54, 1.807) is 29.6 Å². The Kier molecular flexibility index (Phi) is 4.80. The quantitative estimate of drug-likeness (QED) is 0.216. The molecule has 0 aliphatic heterocycles. The zero-order chi connectivity index (χ0) is 24.4. The molecule has 5 rings (SSSR count). The maximum atomic E-state index is 13.1. The minimum absolute atomic E-state index is 0.0547. The van der Waals surface area contributed by atoms with Crippen LogP contribution in [0.15, 0.2) is 41.8 Å². The van der Waals surface area contributed by atoms with Gasteiger partial charge in [0.2, 0.25) is 5.79 Å². The number of ether oxygens (including phenoxy) is 1. The van der Waals surface area contributed by atoms with Gasteiger partial charge < -0.3 is 25.2 Å². The summed E-state index contributed by atoms with van der Waals surface area (Å²) >= 11 is 1.23. The summed E-state index contributed by atoms with van der Waals surface area (Å²) in [5, 5.41) is 49.0. The van der Waals surface area contributed by atoms with Gasteiger partial charge in [0, 0.05) is 35.1 Å². The molecule has 2 aliphatic rings. The monoisotopic (exact) mass is 481 g/mol. The Bertz CT molecular complexity index is 1380. The number of rotatable bonds is 2. The molecule has 1 amide bonds. The molecule has 10 heteroatoms. The lowest BCUT2D eigenvalue weighted by Crippen LogP contribution is -2.48. The van der Waals surface area contributed by atoms with Crippen LogP contribution in [-0.4, -0.2) is 43.9 Å². The highest BCUT2D eigenvalue weighted by atomic mass is 32.1. The Balaban J connectivity index is 1.61. The molecule has 1 aromatic heterocycles. The number of phenolic OH excluding ortho intramolecular Hbond substituents is 2. The van der Waals surface area contributed by atoms with E-state index in [1.165, 1.54) is 30.4 Å². The number of thiophene rings is 1. The van der Waals surface area contributed by atoms with Crippen molar-refractivity contribution >= 4 is 34.0 Å². The summed E-state index contributed by atoms with van der Waals surface area (Å²) in [4.78, 5) is 38.6. The topological polar surface area (TPSA) is 153 Å². The molecule has 9 nitrogen and oxygen atoms in total. The lowest BCUT2D eigenvalue weighted by molar-refractivity contribution is -0.201. The second kappa shape index (κ2) is 7.39. The van der Waals surface area contributed by atoms with Crippen molar-refractivity contribution < 1.29 is 39.5 Å². The van der Waals surface area contributed by atoms with Crippen molar-refractivity contribution in [3.05, 3.63) is 75.2 Å². The average Bonchev–Trinajstić information content (AvgIpc) is 3.25. The van der Waals surface area contributed by atoms with Gasteiger partial charge in [-0.15, -0.1) is 11.3 Å². The minimum atomic E-state index is -2.28. The number of phenols is 2. The van der Waals surface area contributed by atoms with E-state index in [2.05, 4.69) is 5.32 Å². The predicted molar refractivity (Wildman–Crippen MR) is 120 cm³/mol. The van der Waals surface area contributed by atoms with Gasteiger partial charge in [0.05, 0.1) is 21.7 Å². The van der Waals surface area contributed by atoms with Crippen LogP contribution in [0.3, 0.4) is 0 Å². The van der Waals surface area contributed by atoms with E-state index in [1.807, 2.05) is 0 Å². The number of anilines is 1. The van der Waals surface area contributed by atoms with E-state index in [-0.39, 0.29) is 22.3 Å². The van der Waals surface area contributed by atoms with Crippen molar-refractivity contribution in [3.8, 4) is 11.5 Å². The zero-order valence-electron chi connectivity index (χ0n) is 17.8. The summed E-state index contributed by atoms with van der Waals surface area (Å²) in [7, 11) is 0. The standard InChI is InChI=1S/C24H19NO8S/c1-23(31)10-24(32,33-22(30)25-14-7-4-8-34-14)9-13-17(23)21(29)16-15(20(13)28)18(26)11-5-2-3-6-12(11)19(16)27/h2-8,28-29,31-32H,9-10H2,1H3,(H,25,30)/t23-,24+/m0/s1. The van der Waals surface area contributed by atoms with Gasteiger partial charge in [-0.3, -0.25) is 14.9 Å². The third kappa shape index (κ3) is 3.26. The van der Waals surface area contributed by atoms with E-state index in [0.717, 1.165) is 0 Å². The summed E-state index contributed by atoms with van der Waals surface area (Å²) < 4.78 is 5.20. The number of hydrogen-bond acceptors (Lipinski definition) is 9. The van der Waals surface area contributed by atoms with E-state index in [4.69, 9.17) is 4.74 Å². The second-order valence-electron chi connectivity index (χ2n) is 8.57. The van der Waals surface area contributed by atoms with Gasteiger partial charge in [-0.25, -0.2) is 4.79 Å². The van der Waals surface area contributed by atoms with Crippen molar-refractivity contribution in [3.63, 3.8) is 0 Å². The first-order chi connectivity index (χ1) is 16.0. The van der Waals surface area contributed by atoms with Gasteiger partial charge in [-0.2, -0.15) is 0 Å². The van der Waals surface area contributed by atoms with Gasteiger partial charge >= 0.3 is 6.09 Å². The highest BCUT2D eigenvalue weighted by Gasteiger charge is 2.51. The largest absolute Gasteiger partial charge is 0.507 e. The summed E-state index contributed by atoms with van der Waals surface area (Å²) in [6.07, 6.45) is -2.09. The first kappa shape index (κ1) is 22.1. The molecule has 0 bridgehead atoms. The SMILES string of the molecule is C[C@]1(O)C[C@](O)(OC(=O)Nc2cccs2)Cc2c(O)c3c(c(O)c21)C(=O)c1ccccc1C3=O. The minimum Gasteiger partial charge on any atom is -0.507 e. The summed E-state index contributed by atoms with van der Waals surface area (Å²) in [6, 6.07) is 9.33. The molecule has 0 radical (unpaired) electrons. The number of ketones is 2. The summed E-state index contributed by atoms with van der Waals surface area (Å²) in [5.74, 6) is -4.98. The van der Waals surface area contributed by atoms with Crippen molar-refractivity contribution in [2.75, 3.05) is 5.32 Å². The molecular formula is C24H19NO8S. The fourth-order valence-corrected chi connectivity index (χ4v) is 5.41. The number of hydrogen-bond donors (Lipinski definition) is 5. The maximum absolute atomic E-state index is 13.1. The van der Waals surface area contributed by atoms with Gasteiger partial charge in [-0.1, -0.05) is 24.3 Å². The molecule has 34 heavy (non-hydrogen) atoms. The lowest BCUT2D eigenvalue weighted by Gasteiger charge is -2.42. The van der Waals surface area contributed by atoms with Crippen LogP contribution in [0, 0.1) is 0 Å². The van der Waals surface area contributed by atoms with Crippen LogP contribution in [0.5, 0.6) is 11.5 Å². The van der Waals surface area contributed by atoms with Gasteiger partial charge in [0.15, 0.2) is 11.6 Å². The number of carbonyl (C=O) groups is 3. The Morgan fingerprint density at radius 2 is 1.62 bits per heavy atom. The number of fused-ring (bicyclic) bond motifs is 3. The number of carbonyl (C=O) groups excluding carboxylic acids is 3. The normalized spacial score (nSPS) is 23.0. The Morgan fingerprint density at radius 3 is 2.21 bits per heavy atom. The van der Waals surface area contributed by atoms with Gasteiger partial charge in [-0.05, 0) is 24.4 Å². The fraction of sp³-hybridized carbons (Fsp3) is 0.208. The van der Waals surface area contributed by atoms with Crippen LogP contribution in [0.25, 0.3) is 0 Å². The van der Waals surface area contributed by atoms with Crippen LogP contribution in [0.4, 0.5) is 9.80 Å². The molecule has 0 saturated carbocycles. The Morgan fingerprint density at radius 1 is 1.00 bits per heavy atom. The third-order valence-electron chi connectivity index (χ3n) is 6.06. The molecule has 0 spiro atoms. The third-order valence-corrected chi connectivity index (χ3v) is 6.84. The molecule has 174 valence electrons. The smallest absolute Gasteiger partial charge is 0.414 e. The van der Waals surface area contributed by atoms with Crippen molar-refractivity contribution in [2.24, 2.45) is 0 Å². The highest BCUT2D eigenvalue weighted by molar-refractivity contribution is 7.14. The molecule has 0 unspecified atom stereocenters. The molecule has 0 fully saturated rings. The average molecular weight is 481 g/mol. The van der Waals surface area contributed by atoms with Crippen LogP contribution in [0.1, 0.15) is 56.3 Å². The Hall–Kier alpha value is -3.73. The fourth-order valence-electron chi connectivity index (χ4n) is 4.80. The number of amides is 1. The van der Waals surface area contributed by atoms with Gasteiger partial charge in [0.25, 0.3) is 0 Å². The summed E-state index contributed by atoms with van der Waals surface area (Å²) in [6.45, 7) is 1.24. The maximum Gasteiger partial charge on any atom is 0.414 e. The van der Waals surface area contributed by atoms with E-state index in [9.17, 15) is 34.8 Å².